The quantitative estimate of drug-likeness (QED) is 0.690. The van der Waals surface area contributed by atoms with Gasteiger partial charge in [0.05, 0.1) is 29.6 Å². The molecule has 0 unspecified atom stereocenters. The van der Waals surface area contributed by atoms with Crippen molar-refractivity contribution in [2.24, 2.45) is 0 Å². The maximum Gasteiger partial charge on any atom is 0.264 e. The van der Waals surface area contributed by atoms with Crippen molar-refractivity contribution in [2.75, 3.05) is 23.8 Å². The van der Waals surface area contributed by atoms with Crippen LogP contribution in [0.3, 0.4) is 0 Å². The number of hydrogen-bond acceptors (Lipinski definition) is 5. The Morgan fingerprint density at radius 2 is 1.82 bits per heavy atom. The van der Waals surface area contributed by atoms with Crippen LogP contribution in [0.5, 0.6) is 5.75 Å². The number of rotatable bonds is 6. The lowest BCUT2D eigenvalue weighted by Crippen LogP contribution is -2.26. The van der Waals surface area contributed by atoms with E-state index in [2.05, 4.69) is 10.3 Å². The fourth-order valence-corrected chi connectivity index (χ4v) is 3.71. The molecule has 0 aliphatic rings. The van der Waals surface area contributed by atoms with E-state index in [-0.39, 0.29) is 10.8 Å². The fourth-order valence-electron chi connectivity index (χ4n) is 2.53. The number of carbonyl (C=O) groups is 1. The number of aromatic nitrogens is 1. The first-order valence-electron chi connectivity index (χ1n) is 8.36. The zero-order valence-corrected chi connectivity index (χ0v) is 16.2. The van der Waals surface area contributed by atoms with Gasteiger partial charge in [-0.1, -0.05) is 6.07 Å². The Labute approximate surface area is 163 Å². The van der Waals surface area contributed by atoms with Crippen LogP contribution in [0.4, 0.5) is 11.4 Å². The highest BCUT2D eigenvalue weighted by molar-refractivity contribution is 7.92. The molecule has 1 N–H and O–H groups in total. The lowest BCUT2D eigenvalue weighted by atomic mass is 10.2. The second-order valence-electron chi connectivity index (χ2n) is 5.89. The molecule has 0 saturated carbocycles. The monoisotopic (exact) mass is 397 g/mol. The topological polar surface area (TPSA) is 88.6 Å². The van der Waals surface area contributed by atoms with Crippen LogP contribution >= 0.6 is 0 Å². The number of sulfonamides is 1. The Morgan fingerprint density at radius 1 is 1.07 bits per heavy atom. The Kier molecular flexibility index (Phi) is 5.60. The lowest BCUT2D eigenvalue weighted by Gasteiger charge is -2.20. The summed E-state index contributed by atoms with van der Waals surface area (Å²) in [5.41, 5.74) is 1.25. The Bertz CT molecular complexity index is 1070. The van der Waals surface area contributed by atoms with E-state index >= 15 is 0 Å². The van der Waals surface area contributed by atoms with Crippen LogP contribution in [0.2, 0.25) is 0 Å². The van der Waals surface area contributed by atoms with Crippen molar-refractivity contribution in [3.8, 4) is 5.75 Å². The molecule has 144 valence electrons. The van der Waals surface area contributed by atoms with Gasteiger partial charge < -0.3 is 10.1 Å². The number of hydrogen-bond donors (Lipinski definition) is 1. The third-order valence-electron chi connectivity index (χ3n) is 4.11. The molecule has 1 amide bonds. The molecule has 0 bridgehead atoms. The first kappa shape index (κ1) is 19.4. The molecule has 0 fully saturated rings. The molecule has 2 aromatic carbocycles. The van der Waals surface area contributed by atoms with Gasteiger partial charge in [-0.3, -0.25) is 14.1 Å². The molecular weight excluding hydrogens is 378 g/mol. The standard InChI is InChI=1S/C20H19N3O4S/c1-23(28(25,26)19-10-8-18(27-2)9-11-19)17-7-3-5-15(13-17)20(24)22-16-6-4-12-21-14-16/h3-14H,1-2H3,(H,22,24). The van der Waals surface area contributed by atoms with Crippen LogP contribution in [0.15, 0.2) is 78.0 Å². The number of pyridine rings is 1. The number of ether oxygens (including phenoxy) is 1. The van der Waals surface area contributed by atoms with Gasteiger partial charge in [-0.15, -0.1) is 0 Å². The van der Waals surface area contributed by atoms with E-state index in [0.717, 1.165) is 4.31 Å². The van der Waals surface area contributed by atoms with Gasteiger partial charge >= 0.3 is 0 Å². The van der Waals surface area contributed by atoms with Gasteiger partial charge in [-0.25, -0.2) is 8.42 Å². The van der Waals surface area contributed by atoms with Crippen LogP contribution < -0.4 is 14.4 Å². The Hall–Kier alpha value is -3.39. The van der Waals surface area contributed by atoms with E-state index in [4.69, 9.17) is 4.74 Å². The molecular formula is C20H19N3O4S. The van der Waals surface area contributed by atoms with Crippen molar-refractivity contribution in [3.05, 3.63) is 78.6 Å². The smallest absolute Gasteiger partial charge is 0.264 e. The molecule has 1 aromatic heterocycles. The Balaban J connectivity index is 1.84. The minimum Gasteiger partial charge on any atom is -0.497 e. The first-order chi connectivity index (χ1) is 13.4. The van der Waals surface area contributed by atoms with E-state index in [1.165, 1.54) is 38.6 Å². The van der Waals surface area contributed by atoms with E-state index in [1.807, 2.05) is 0 Å². The molecule has 28 heavy (non-hydrogen) atoms. The highest BCUT2D eigenvalue weighted by atomic mass is 32.2. The summed E-state index contributed by atoms with van der Waals surface area (Å²) in [7, 11) is -0.829. The number of methoxy groups -OCH3 is 1. The maximum atomic E-state index is 12.9. The average molecular weight is 397 g/mol. The Morgan fingerprint density at radius 3 is 2.46 bits per heavy atom. The van der Waals surface area contributed by atoms with Gasteiger partial charge in [0.15, 0.2) is 0 Å². The average Bonchev–Trinajstić information content (AvgIpc) is 2.74. The molecule has 0 atom stereocenters. The number of amides is 1. The number of anilines is 2. The van der Waals surface area contributed by atoms with Crippen LogP contribution in [-0.2, 0) is 10.0 Å². The van der Waals surface area contributed by atoms with Crippen molar-refractivity contribution in [1.82, 2.24) is 4.98 Å². The van der Waals surface area contributed by atoms with E-state index in [9.17, 15) is 13.2 Å². The molecule has 0 radical (unpaired) electrons. The van der Waals surface area contributed by atoms with Gasteiger partial charge in [-0.2, -0.15) is 0 Å². The highest BCUT2D eigenvalue weighted by Crippen LogP contribution is 2.24. The normalized spacial score (nSPS) is 10.9. The second-order valence-corrected chi connectivity index (χ2v) is 7.86. The summed E-state index contributed by atoms with van der Waals surface area (Å²) in [6, 6.07) is 15.9. The van der Waals surface area contributed by atoms with Crippen LogP contribution in [0.1, 0.15) is 10.4 Å². The predicted octanol–water partition coefficient (Wildman–Crippen LogP) is 3.17. The molecule has 3 aromatic rings. The van der Waals surface area contributed by atoms with Gasteiger partial charge in [0.2, 0.25) is 0 Å². The number of nitrogens with one attached hydrogen (secondary N) is 1. The second kappa shape index (κ2) is 8.10. The van der Waals surface area contributed by atoms with E-state index in [1.54, 1.807) is 48.7 Å². The third kappa shape index (κ3) is 4.12. The van der Waals surface area contributed by atoms with Gasteiger partial charge in [0.1, 0.15) is 5.75 Å². The molecule has 0 aliphatic heterocycles. The van der Waals surface area contributed by atoms with Gasteiger partial charge in [0, 0.05) is 18.8 Å². The SMILES string of the molecule is COc1ccc(S(=O)(=O)N(C)c2cccc(C(=O)Nc3cccnc3)c2)cc1. The van der Waals surface area contributed by atoms with Crippen LogP contribution in [-0.4, -0.2) is 33.5 Å². The summed E-state index contributed by atoms with van der Waals surface area (Å²) >= 11 is 0. The lowest BCUT2D eigenvalue weighted by molar-refractivity contribution is 0.102. The van der Waals surface area contributed by atoms with Gasteiger partial charge in [-0.05, 0) is 54.6 Å². The van der Waals surface area contributed by atoms with Crippen molar-refractivity contribution in [1.29, 1.82) is 0 Å². The minimum absolute atomic E-state index is 0.126. The predicted molar refractivity (Wildman–Crippen MR) is 107 cm³/mol. The number of nitrogens with zero attached hydrogens (tertiary/aromatic N) is 2. The molecule has 3 rings (SSSR count). The summed E-state index contributed by atoms with van der Waals surface area (Å²) in [6.45, 7) is 0. The van der Waals surface area contributed by atoms with Crippen molar-refractivity contribution in [3.63, 3.8) is 0 Å². The highest BCUT2D eigenvalue weighted by Gasteiger charge is 2.22. The van der Waals surface area contributed by atoms with E-state index < -0.39 is 10.0 Å². The summed E-state index contributed by atoms with van der Waals surface area (Å²) in [5, 5.41) is 2.72. The van der Waals surface area contributed by atoms with Gasteiger partial charge in [0.25, 0.3) is 15.9 Å². The largest absolute Gasteiger partial charge is 0.497 e. The van der Waals surface area contributed by atoms with Crippen molar-refractivity contribution < 1.29 is 17.9 Å². The number of benzene rings is 2. The third-order valence-corrected chi connectivity index (χ3v) is 5.91. The van der Waals surface area contributed by atoms with Crippen molar-refractivity contribution >= 4 is 27.3 Å². The molecule has 8 heteroatoms. The summed E-state index contributed by atoms with van der Waals surface area (Å²) in [6.07, 6.45) is 3.14. The fraction of sp³-hybridized carbons (Fsp3) is 0.100. The first-order valence-corrected chi connectivity index (χ1v) is 9.80. The van der Waals surface area contributed by atoms with Crippen LogP contribution in [0.25, 0.3) is 0 Å². The minimum atomic E-state index is -3.78. The maximum absolute atomic E-state index is 12.9. The molecule has 0 spiro atoms. The molecule has 0 saturated heterocycles. The van der Waals surface area contributed by atoms with Crippen molar-refractivity contribution in [2.45, 2.75) is 4.90 Å². The van der Waals surface area contributed by atoms with Crippen LogP contribution in [0, 0.1) is 0 Å². The van der Waals surface area contributed by atoms with E-state index in [0.29, 0.717) is 22.7 Å². The molecule has 7 nitrogen and oxygen atoms in total. The zero-order valence-electron chi connectivity index (χ0n) is 15.4. The summed E-state index contributed by atoms with van der Waals surface area (Å²) in [5.74, 6) is 0.209. The molecule has 0 aliphatic carbocycles. The summed E-state index contributed by atoms with van der Waals surface area (Å²) in [4.78, 5) is 16.5. The molecule has 1 heterocycles. The zero-order chi connectivity index (χ0) is 20.1. The summed E-state index contributed by atoms with van der Waals surface area (Å²) < 4.78 is 32.0. The number of carbonyl (C=O) groups excluding carboxylic acids is 1.